The smallest absolute Gasteiger partial charge is 0.240 e. The number of anilines is 2. The number of benzene rings is 2. The minimum Gasteiger partial charge on any atom is -0.369 e. The summed E-state index contributed by atoms with van der Waals surface area (Å²) < 4.78 is 28.5. The van der Waals surface area contributed by atoms with Crippen LogP contribution < -0.4 is 14.5 Å². The summed E-state index contributed by atoms with van der Waals surface area (Å²) in [6.07, 6.45) is 3.79. The van der Waals surface area contributed by atoms with E-state index >= 15 is 0 Å². The Hall–Kier alpha value is -2.42. The summed E-state index contributed by atoms with van der Waals surface area (Å²) >= 11 is 0. The van der Waals surface area contributed by atoms with Crippen molar-refractivity contribution >= 4 is 27.3 Å². The van der Waals surface area contributed by atoms with E-state index in [-0.39, 0.29) is 16.7 Å². The number of carbonyl (C=O) groups excluding carboxylic acids is 1. The van der Waals surface area contributed by atoms with Crippen LogP contribution in [-0.4, -0.2) is 65.0 Å². The van der Waals surface area contributed by atoms with Crippen molar-refractivity contribution in [3.05, 3.63) is 54.1 Å². The number of amides is 1. The van der Waals surface area contributed by atoms with Crippen LogP contribution in [0.4, 0.5) is 11.4 Å². The van der Waals surface area contributed by atoms with Crippen LogP contribution in [0.5, 0.6) is 0 Å². The highest BCUT2D eigenvalue weighted by atomic mass is 32.2. The Kier molecular flexibility index (Phi) is 6.40. The number of hydrogen-bond acceptors (Lipinski definition) is 5. The first-order chi connectivity index (χ1) is 16.0. The van der Waals surface area contributed by atoms with Crippen molar-refractivity contribution < 1.29 is 13.2 Å². The maximum atomic E-state index is 12.9. The average Bonchev–Trinajstić information content (AvgIpc) is 3.22. The third-order valence-electron chi connectivity index (χ3n) is 7.19. The maximum Gasteiger partial charge on any atom is 0.240 e. The van der Waals surface area contributed by atoms with Crippen LogP contribution in [0.15, 0.2) is 53.4 Å². The highest BCUT2D eigenvalue weighted by Gasteiger charge is 2.33. The molecule has 0 unspecified atom stereocenters. The molecule has 176 valence electrons. The number of rotatable bonds is 7. The summed E-state index contributed by atoms with van der Waals surface area (Å²) in [7, 11) is -3.57. The van der Waals surface area contributed by atoms with Gasteiger partial charge in [0.1, 0.15) is 0 Å². The van der Waals surface area contributed by atoms with Gasteiger partial charge in [-0.05, 0) is 55.2 Å². The fourth-order valence-corrected chi connectivity index (χ4v) is 6.01. The van der Waals surface area contributed by atoms with Gasteiger partial charge in [0.2, 0.25) is 15.9 Å². The van der Waals surface area contributed by atoms with Gasteiger partial charge in [0.05, 0.1) is 4.90 Å². The molecule has 7 nitrogen and oxygen atoms in total. The number of hydrogen-bond donors (Lipinski definition) is 1. The minimum atomic E-state index is -3.57. The van der Waals surface area contributed by atoms with Crippen molar-refractivity contribution in [1.29, 1.82) is 0 Å². The zero-order valence-corrected chi connectivity index (χ0v) is 19.8. The number of fused-ring (bicyclic) bond motifs is 1. The van der Waals surface area contributed by atoms with Gasteiger partial charge in [-0.2, -0.15) is 0 Å². The van der Waals surface area contributed by atoms with Crippen LogP contribution in [0, 0.1) is 5.92 Å². The molecule has 2 aliphatic heterocycles. The summed E-state index contributed by atoms with van der Waals surface area (Å²) in [5.74, 6) is 0.344. The normalized spacial score (nSPS) is 19.4. The standard InChI is InChI=1S/C25H32N4O3S/c30-25(20-5-4-6-20)29-13-11-21-19-23(9-10-24(21)29)33(31,32)26-12-14-27-15-17-28(18-16-27)22-7-2-1-3-8-22/h1-3,7-10,19-20,26H,4-6,11-18H2. The van der Waals surface area contributed by atoms with E-state index < -0.39 is 10.0 Å². The molecule has 2 aromatic rings. The highest BCUT2D eigenvalue weighted by Crippen LogP contribution is 2.35. The molecule has 1 N–H and O–H groups in total. The number of sulfonamides is 1. The number of piperazine rings is 1. The van der Waals surface area contributed by atoms with Crippen LogP contribution in [0.3, 0.4) is 0 Å². The van der Waals surface area contributed by atoms with Gasteiger partial charge >= 0.3 is 0 Å². The van der Waals surface area contributed by atoms with Gasteiger partial charge in [-0.1, -0.05) is 24.6 Å². The van der Waals surface area contributed by atoms with Crippen LogP contribution in [0.1, 0.15) is 24.8 Å². The molecular formula is C25H32N4O3S. The molecule has 0 atom stereocenters. The Morgan fingerprint density at radius 2 is 1.73 bits per heavy atom. The summed E-state index contributed by atoms with van der Waals surface area (Å²) in [6, 6.07) is 15.6. The Morgan fingerprint density at radius 1 is 0.970 bits per heavy atom. The topological polar surface area (TPSA) is 73.0 Å². The van der Waals surface area contributed by atoms with E-state index in [1.165, 1.54) is 5.69 Å². The lowest BCUT2D eigenvalue weighted by atomic mass is 9.84. The maximum absolute atomic E-state index is 12.9. The lowest BCUT2D eigenvalue weighted by Gasteiger charge is -2.36. The number of para-hydroxylation sites is 1. The molecule has 5 rings (SSSR count). The summed E-state index contributed by atoms with van der Waals surface area (Å²) in [4.78, 5) is 19.4. The first-order valence-electron chi connectivity index (χ1n) is 12.0. The number of nitrogens with zero attached hydrogens (tertiary/aromatic N) is 3. The molecule has 1 aliphatic carbocycles. The van der Waals surface area contributed by atoms with Crippen molar-refractivity contribution in [3.8, 4) is 0 Å². The minimum absolute atomic E-state index is 0.149. The van der Waals surface area contributed by atoms with Crippen LogP contribution in [-0.2, 0) is 21.2 Å². The molecule has 8 heteroatoms. The number of nitrogens with one attached hydrogen (secondary N) is 1. The highest BCUT2D eigenvalue weighted by molar-refractivity contribution is 7.89. The Balaban J connectivity index is 1.13. The zero-order chi connectivity index (χ0) is 22.8. The molecule has 1 saturated carbocycles. The van der Waals surface area contributed by atoms with Crippen LogP contribution in [0.25, 0.3) is 0 Å². The molecular weight excluding hydrogens is 436 g/mol. The molecule has 2 heterocycles. The van der Waals surface area contributed by atoms with Gasteiger partial charge in [0.15, 0.2) is 0 Å². The molecule has 0 radical (unpaired) electrons. The predicted molar refractivity (Wildman–Crippen MR) is 130 cm³/mol. The van der Waals surface area contributed by atoms with Gasteiger partial charge in [0, 0.05) is 63.1 Å². The quantitative estimate of drug-likeness (QED) is 0.676. The van der Waals surface area contributed by atoms with Gasteiger partial charge in [-0.3, -0.25) is 9.69 Å². The second kappa shape index (κ2) is 9.44. The van der Waals surface area contributed by atoms with Crippen molar-refractivity contribution in [2.45, 2.75) is 30.6 Å². The van der Waals surface area contributed by atoms with Crippen molar-refractivity contribution in [2.75, 3.05) is 55.6 Å². The Bertz CT molecular complexity index is 1090. The van der Waals surface area contributed by atoms with Crippen molar-refractivity contribution in [2.24, 2.45) is 5.92 Å². The van der Waals surface area contributed by atoms with E-state index in [0.717, 1.165) is 56.7 Å². The van der Waals surface area contributed by atoms with E-state index in [2.05, 4.69) is 38.8 Å². The molecule has 3 aliphatic rings. The van der Waals surface area contributed by atoms with E-state index in [1.807, 2.05) is 11.0 Å². The Labute approximate surface area is 196 Å². The number of carbonyl (C=O) groups is 1. The third kappa shape index (κ3) is 4.78. The molecule has 1 amide bonds. The molecule has 0 bridgehead atoms. The molecule has 2 fully saturated rings. The molecule has 2 aromatic carbocycles. The molecule has 0 aromatic heterocycles. The lowest BCUT2D eigenvalue weighted by Crippen LogP contribution is -2.48. The monoisotopic (exact) mass is 468 g/mol. The van der Waals surface area contributed by atoms with Crippen LogP contribution >= 0.6 is 0 Å². The zero-order valence-electron chi connectivity index (χ0n) is 18.9. The fourth-order valence-electron chi connectivity index (χ4n) is 4.94. The van der Waals surface area contributed by atoms with Gasteiger partial charge in [0.25, 0.3) is 0 Å². The fraction of sp³-hybridized carbons (Fsp3) is 0.480. The SMILES string of the molecule is O=C(C1CCC1)N1CCc2cc(S(=O)(=O)NCCN3CCN(c4ccccc4)CC3)ccc21. The summed E-state index contributed by atoms with van der Waals surface area (Å²) in [6.45, 7) is 5.44. The van der Waals surface area contributed by atoms with Crippen molar-refractivity contribution in [1.82, 2.24) is 9.62 Å². The second-order valence-electron chi connectivity index (χ2n) is 9.22. The van der Waals surface area contributed by atoms with E-state index in [0.29, 0.717) is 26.1 Å². The van der Waals surface area contributed by atoms with Gasteiger partial charge in [-0.15, -0.1) is 0 Å². The third-order valence-corrected chi connectivity index (χ3v) is 8.65. The average molecular weight is 469 g/mol. The molecule has 33 heavy (non-hydrogen) atoms. The molecule has 0 spiro atoms. The Morgan fingerprint density at radius 3 is 2.42 bits per heavy atom. The summed E-state index contributed by atoms with van der Waals surface area (Å²) in [5, 5.41) is 0. The van der Waals surface area contributed by atoms with E-state index in [4.69, 9.17) is 0 Å². The second-order valence-corrected chi connectivity index (χ2v) is 11.0. The lowest BCUT2D eigenvalue weighted by molar-refractivity contribution is -0.124. The van der Waals surface area contributed by atoms with Gasteiger partial charge < -0.3 is 9.80 Å². The first-order valence-corrected chi connectivity index (χ1v) is 13.5. The summed E-state index contributed by atoms with van der Waals surface area (Å²) in [5.41, 5.74) is 3.06. The predicted octanol–water partition coefficient (Wildman–Crippen LogP) is 2.48. The largest absolute Gasteiger partial charge is 0.369 e. The van der Waals surface area contributed by atoms with Crippen LogP contribution in [0.2, 0.25) is 0 Å². The van der Waals surface area contributed by atoms with Gasteiger partial charge in [-0.25, -0.2) is 13.1 Å². The van der Waals surface area contributed by atoms with Crippen molar-refractivity contribution in [3.63, 3.8) is 0 Å². The van der Waals surface area contributed by atoms with E-state index in [1.54, 1.807) is 18.2 Å². The van der Waals surface area contributed by atoms with E-state index in [9.17, 15) is 13.2 Å². The molecule has 1 saturated heterocycles. The first kappa shape index (κ1) is 22.4.